The second kappa shape index (κ2) is 4.76. The Bertz CT molecular complexity index is 455. The molecular formula is C12H20N4OS. The number of rotatable bonds is 2. The molecule has 0 radical (unpaired) electrons. The van der Waals surface area contributed by atoms with E-state index in [0.29, 0.717) is 11.4 Å². The van der Waals surface area contributed by atoms with Crippen LogP contribution in [-0.2, 0) is 0 Å². The van der Waals surface area contributed by atoms with E-state index in [0.717, 1.165) is 24.5 Å². The molecule has 1 saturated heterocycles. The highest BCUT2D eigenvalue weighted by Gasteiger charge is 2.30. The third-order valence-electron chi connectivity index (χ3n) is 3.34. The lowest BCUT2D eigenvalue weighted by Gasteiger charge is -2.38. The van der Waals surface area contributed by atoms with E-state index in [1.165, 1.54) is 18.0 Å². The lowest BCUT2D eigenvalue weighted by atomic mass is 9.84. The molecule has 1 fully saturated rings. The SMILES string of the molecule is CNC(=O)c1c(N)nsc1N1CCCC(C)(C)C1. The molecule has 0 aromatic carbocycles. The van der Waals surface area contributed by atoms with Crippen molar-refractivity contribution in [2.45, 2.75) is 26.7 Å². The average Bonchev–Trinajstić information content (AvgIpc) is 2.69. The summed E-state index contributed by atoms with van der Waals surface area (Å²) in [5.74, 6) is 0.178. The zero-order chi connectivity index (χ0) is 13.3. The summed E-state index contributed by atoms with van der Waals surface area (Å²) in [5, 5.41) is 3.53. The summed E-state index contributed by atoms with van der Waals surface area (Å²) in [7, 11) is 1.61. The number of aromatic nitrogens is 1. The third kappa shape index (κ3) is 2.43. The van der Waals surface area contributed by atoms with Crippen molar-refractivity contribution >= 4 is 28.3 Å². The van der Waals surface area contributed by atoms with Crippen LogP contribution in [0.2, 0.25) is 0 Å². The van der Waals surface area contributed by atoms with Gasteiger partial charge in [-0.25, -0.2) is 0 Å². The first-order valence-corrected chi connectivity index (χ1v) is 6.94. The quantitative estimate of drug-likeness (QED) is 0.856. The zero-order valence-electron chi connectivity index (χ0n) is 11.1. The van der Waals surface area contributed by atoms with Gasteiger partial charge in [0.25, 0.3) is 5.91 Å². The van der Waals surface area contributed by atoms with Crippen LogP contribution < -0.4 is 16.0 Å². The second-order valence-electron chi connectivity index (χ2n) is 5.52. The van der Waals surface area contributed by atoms with E-state index in [1.807, 2.05) is 0 Å². The maximum absolute atomic E-state index is 11.9. The summed E-state index contributed by atoms with van der Waals surface area (Å²) in [6, 6.07) is 0. The molecule has 6 heteroatoms. The third-order valence-corrected chi connectivity index (χ3v) is 4.27. The summed E-state index contributed by atoms with van der Waals surface area (Å²) < 4.78 is 4.13. The monoisotopic (exact) mass is 268 g/mol. The van der Waals surface area contributed by atoms with Gasteiger partial charge in [-0.3, -0.25) is 4.79 Å². The topological polar surface area (TPSA) is 71.2 Å². The van der Waals surface area contributed by atoms with Crippen molar-refractivity contribution < 1.29 is 4.79 Å². The Morgan fingerprint density at radius 1 is 1.56 bits per heavy atom. The van der Waals surface area contributed by atoms with E-state index in [2.05, 4.69) is 28.4 Å². The molecule has 0 saturated carbocycles. The van der Waals surface area contributed by atoms with Crippen LogP contribution in [0.25, 0.3) is 0 Å². The molecule has 1 aliphatic rings. The summed E-state index contributed by atoms with van der Waals surface area (Å²) in [4.78, 5) is 14.1. The molecule has 0 atom stereocenters. The lowest BCUT2D eigenvalue weighted by molar-refractivity contribution is 0.0964. The van der Waals surface area contributed by atoms with Crippen molar-refractivity contribution in [3.8, 4) is 0 Å². The van der Waals surface area contributed by atoms with Crippen LogP contribution in [0.15, 0.2) is 0 Å². The number of piperidine rings is 1. The van der Waals surface area contributed by atoms with Gasteiger partial charge >= 0.3 is 0 Å². The van der Waals surface area contributed by atoms with E-state index in [1.54, 1.807) is 7.05 Å². The Morgan fingerprint density at radius 3 is 2.89 bits per heavy atom. The van der Waals surface area contributed by atoms with Crippen molar-refractivity contribution in [3.05, 3.63) is 5.56 Å². The minimum absolute atomic E-state index is 0.153. The normalized spacial score (nSPS) is 18.7. The van der Waals surface area contributed by atoms with E-state index in [9.17, 15) is 4.79 Å². The van der Waals surface area contributed by atoms with E-state index in [4.69, 9.17) is 5.73 Å². The summed E-state index contributed by atoms with van der Waals surface area (Å²) in [6.07, 6.45) is 2.35. The second-order valence-corrected chi connectivity index (χ2v) is 6.27. The molecule has 1 aromatic rings. The molecule has 100 valence electrons. The number of nitrogen functional groups attached to an aromatic ring is 1. The zero-order valence-corrected chi connectivity index (χ0v) is 11.9. The fourth-order valence-corrected chi connectivity index (χ4v) is 3.28. The highest BCUT2D eigenvalue weighted by Crippen LogP contribution is 2.37. The number of nitrogens with zero attached hydrogens (tertiary/aromatic N) is 2. The number of carbonyl (C=O) groups is 1. The molecule has 18 heavy (non-hydrogen) atoms. The molecule has 0 unspecified atom stereocenters. The van der Waals surface area contributed by atoms with Crippen LogP contribution in [0.1, 0.15) is 37.0 Å². The van der Waals surface area contributed by atoms with Crippen LogP contribution in [0, 0.1) is 5.41 Å². The maximum atomic E-state index is 11.9. The Morgan fingerprint density at radius 2 is 2.28 bits per heavy atom. The molecule has 1 aliphatic heterocycles. The summed E-state index contributed by atoms with van der Waals surface area (Å²) in [6.45, 7) is 6.42. The van der Waals surface area contributed by atoms with Gasteiger partial charge in [-0.05, 0) is 29.8 Å². The number of carbonyl (C=O) groups excluding carboxylic acids is 1. The fourth-order valence-electron chi connectivity index (χ4n) is 2.44. The van der Waals surface area contributed by atoms with Gasteiger partial charge in [0.05, 0.1) is 0 Å². The van der Waals surface area contributed by atoms with Gasteiger partial charge in [-0.2, -0.15) is 4.37 Å². The highest BCUT2D eigenvalue weighted by atomic mass is 32.1. The van der Waals surface area contributed by atoms with Gasteiger partial charge in [0.2, 0.25) is 0 Å². The van der Waals surface area contributed by atoms with Gasteiger partial charge in [0.1, 0.15) is 10.6 Å². The molecule has 1 amide bonds. The van der Waals surface area contributed by atoms with Gasteiger partial charge < -0.3 is 16.0 Å². The van der Waals surface area contributed by atoms with Gasteiger partial charge in [0, 0.05) is 20.1 Å². The Kier molecular flexibility index (Phi) is 3.47. The number of hydrogen-bond donors (Lipinski definition) is 2. The summed E-state index contributed by atoms with van der Waals surface area (Å²) in [5.41, 5.74) is 6.61. The van der Waals surface area contributed by atoms with Crippen molar-refractivity contribution in [2.75, 3.05) is 30.8 Å². The maximum Gasteiger partial charge on any atom is 0.257 e. The number of nitrogens with one attached hydrogen (secondary N) is 1. The molecule has 0 bridgehead atoms. The smallest absolute Gasteiger partial charge is 0.257 e. The highest BCUT2D eigenvalue weighted by molar-refractivity contribution is 7.11. The molecular weight excluding hydrogens is 248 g/mol. The minimum atomic E-state index is -0.153. The van der Waals surface area contributed by atoms with E-state index in [-0.39, 0.29) is 11.3 Å². The van der Waals surface area contributed by atoms with Crippen molar-refractivity contribution in [3.63, 3.8) is 0 Å². The average molecular weight is 268 g/mol. The van der Waals surface area contributed by atoms with Gasteiger partial charge in [-0.15, -0.1) is 0 Å². The van der Waals surface area contributed by atoms with Crippen LogP contribution in [0.5, 0.6) is 0 Å². The molecule has 0 aliphatic carbocycles. The predicted molar refractivity (Wildman–Crippen MR) is 75.1 cm³/mol. The number of nitrogens with two attached hydrogens (primary N) is 1. The van der Waals surface area contributed by atoms with Crippen LogP contribution in [0.3, 0.4) is 0 Å². The Balaban J connectivity index is 2.31. The molecule has 0 spiro atoms. The number of hydrogen-bond acceptors (Lipinski definition) is 5. The van der Waals surface area contributed by atoms with Crippen LogP contribution >= 0.6 is 11.5 Å². The van der Waals surface area contributed by atoms with Crippen molar-refractivity contribution in [1.29, 1.82) is 0 Å². The molecule has 5 nitrogen and oxygen atoms in total. The predicted octanol–water partition coefficient (Wildman–Crippen LogP) is 1.71. The summed E-state index contributed by atoms with van der Waals surface area (Å²) >= 11 is 1.32. The first-order valence-electron chi connectivity index (χ1n) is 6.17. The Labute approximate surface area is 112 Å². The first-order chi connectivity index (χ1) is 8.44. The molecule has 1 aromatic heterocycles. The standard InChI is InChI=1S/C12H20N4OS/c1-12(2)5-4-6-16(7-12)11-8(10(17)14-3)9(13)15-18-11/h4-7H2,1-3H3,(H2,13,15)(H,14,17). The largest absolute Gasteiger partial charge is 0.382 e. The van der Waals surface area contributed by atoms with E-state index < -0.39 is 0 Å². The van der Waals surface area contributed by atoms with Crippen molar-refractivity contribution in [2.24, 2.45) is 5.41 Å². The molecule has 3 N–H and O–H groups in total. The van der Waals surface area contributed by atoms with Crippen molar-refractivity contribution in [1.82, 2.24) is 9.69 Å². The van der Waals surface area contributed by atoms with Gasteiger partial charge in [0.15, 0.2) is 5.82 Å². The Hall–Kier alpha value is -1.30. The number of amides is 1. The molecule has 2 rings (SSSR count). The fraction of sp³-hybridized carbons (Fsp3) is 0.667. The first kappa shape index (κ1) is 13.1. The van der Waals surface area contributed by atoms with E-state index >= 15 is 0 Å². The molecule has 2 heterocycles. The van der Waals surface area contributed by atoms with Crippen LogP contribution in [-0.4, -0.2) is 30.4 Å². The minimum Gasteiger partial charge on any atom is -0.382 e. The van der Waals surface area contributed by atoms with Gasteiger partial charge in [-0.1, -0.05) is 13.8 Å². The van der Waals surface area contributed by atoms with Crippen LogP contribution in [0.4, 0.5) is 10.8 Å². The lowest BCUT2D eigenvalue weighted by Crippen LogP contribution is -2.40. The number of anilines is 2.